The van der Waals surface area contributed by atoms with Gasteiger partial charge >= 0.3 is 0 Å². The van der Waals surface area contributed by atoms with Gasteiger partial charge in [0.25, 0.3) is 0 Å². The normalized spacial score (nSPS) is 11.3. The van der Waals surface area contributed by atoms with Crippen LogP contribution in [-0.2, 0) is 0 Å². The van der Waals surface area contributed by atoms with Gasteiger partial charge in [-0.25, -0.2) is 4.98 Å². The largest absolute Gasteiger partial charge is 0.369 e. The number of hydrogen-bond donors (Lipinski definition) is 1. The van der Waals surface area contributed by atoms with Crippen molar-refractivity contribution >= 4 is 22.4 Å². The molecule has 0 aliphatic carbocycles. The summed E-state index contributed by atoms with van der Waals surface area (Å²) >= 11 is 0. The molecule has 0 saturated heterocycles. The second-order valence-electron chi connectivity index (χ2n) is 6.30. The lowest BCUT2D eigenvalue weighted by Crippen LogP contribution is -2.06. The Labute approximate surface area is 146 Å². The Morgan fingerprint density at radius 1 is 1.04 bits per heavy atom. The SMILES string of the molecule is CCCCNc1nc2c(-c3ccc(C)cc3)nnn2c2ccccc12. The fraction of sp³-hybridized carbons (Fsp3) is 0.250. The van der Waals surface area contributed by atoms with Crippen LogP contribution in [-0.4, -0.2) is 26.4 Å². The van der Waals surface area contributed by atoms with Gasteiger partial charge in [0, 0.05) is 17.5 Å². The van der Waals surface area contributed by atoms with Crippen LogP contribution in [0.2, 0.25) is 0 Å². The molecule has 0 atom stereocenters. The van der Waals surface area contributed by atoms with Crippen molar-refractivity contribution in [2.24, 2.45) is 0 Å². The third-order valence-electron chi connectivity index (χ3n) is 4.40. The molecular formula is C20H21N5. The summed E-state index contributed by atoms with van der Waals surface area (Å²) in [5, 5.41) is 13.3. The monoisotopic (exact) mass is 331 g/mol. The van der Waals surface area contributed by atoms with Crippen molar-refractivity contribution in [3.05, 3.63) is 54.1 Å². The molecule has 0 aliphatic rings. The number of rotatable bonds is 5. The Balaban J connectivity index is 1.91. The Bertz CT molecular complexity index is 1020. The van der Waals surface area contributed by atoms with E-state index in [0.717, 1.165) is 53.0 Å². The predicted molar refractivity (Wildman–Crippen MR) is 102 cm³/mol. The molecule has 25 heavy (non-hydrogen) atoms. The minimum absolute atomic E-state index is 0.779. The highest BCUT2D eigenvalue weighted by molar-refractivity contribution is 5.93. The first-order valence-corrected chi connectivity index (χ1v) is 8.73. The van der Waals surface area contributed by atoms with E-state index in [1.54, 1.807) is 0 Å². The number of fused-ring (bicyclic) bond motifs is 3. The van der Waals surface area contributed by atoms with E-state index in [1.807, 2.05) is 16.6 Å². The van der Waals surface area contributed by atoms with Crippen molar-refractivity contribution < 1.29 is 0 Å². The molecule has 0 unspecified atom stereocenters. The number of nitrogens with zero attached hydrogens (tertiary/aromatic N) is 4. The second-order valence-corrected chi connectivity index (χ2v) is 6.30. The van der Waals surface area contributed by atoms with E-state index in [-0.39, 0.29) is 0 Å². The van der Waals surface area contributed by atoms with Gasteiger partial charge in [-0.3, -0.25) is 0 Å². The van der Waals surface area contributed by atoms with Crippen LogP contribution >= 0.6 is 0 Å². The van der Waals surface area contributed by atoms with Crippen molar-refractivity contribution in [2.75, 3.05) is 11.9 Å². The highest BCUT2D eigenvalue weighted by Gasteiger charge is 2.15. The Hall–Kier alpha value is -2.95. The fourth-order valence-electron chi connectivity index (χ4n) is 2.98. The maximum absolute atomic E-state index is 4.86. The summed E-state index contributed by atoms with van der Waals surface area (Å²) in [6.45, 7) is 5.17. The standard InChI is InChI=1S/C20H21N5/c1-3-4-13-21-19-16-7-5-6-8-17(16)25-20(22-19)18(23-24-25)15-11-9-14(2)10-12-15/h5-12H,3-4,13H2,1-2H3,(H,21,22). The molecule has 4 rings (SSSR count). The maximum atomic E-state index is 4.86. The smallest absolute Gasteiger partial charge is 0.186 e. The second kappa shape index (κ2) is 6.51. The minimum atomic E-state index is 0.779. The van der Waals surface area contributed by atoms with E-state index in [2.05, 4.69) is 65.9 Å². The highest BCUT2D eigenvalue weighted by Crippen LogP contribution is 2.28. The first-order chi connectivity index (χ1) is 12.3. The number of aromatic nitrogens is 4. The van der Waals surface area contributed by atoms with Gasteiger partial charge in [0.15, 0.2) is 5.65 Å². The van der Waals surface area contributed by atoms with Gasteiger partial charge in [0.1, 0.15) is 11.5 Å². The molecule has 2 heterocycles. The average molecular weight is 331 g/mol. The summed E-state index contributed by atoms with van der Waals surface area (Å²) in [4.78, 5) is 4.86. The van der Waals surface area contributed by atoms with Crippen LogP contribution in [0.3, 0.4) is 0 Å². The lowest BCUT2D eigenvalue weighted by molar-refractivity contribution is 0.830. The molecule has 0 radical (unpaired) electrons. The molecule has 2 aromatic heterocycles. The van der Waals surface area contributed by atoms with Crippen LogP contribution in [0.15, 0.2) is 48.5 Å². The Morgan fingerprint density at radius 3 is 2.64 bits per heavy atom. The minimum Gasteiger partial charge on any atom is -0.369 e. The highest BCUT2D eigenvalue weighted by atomic mass is 15.4. The Morgan fingerprint density at radius 2 is 1.84 bits per heavy atom. The van der Waals surface area contributed by atoms with Crippen molar-refractivity contribution in [1.29, 1.82) is 0 Å². The number of anilines is 1. The molecule has 0 spiro atoms. The van der Waals surface area contributed by atoms with E-state index in [1.165, 1.54) is 5.56 Å². The topological polar surface area (TPSA) is 55.1 Å². The molecule has 5 nitrogen and oxygen atoms in total. The number of para-hydroxylation sites is 1. The number of aryl methyl sites for hydroxylation is 1. The first-order valence-electron chi connectivity index (χ1n) is 8.73. The number of nitrogens with one attached hydrogen (secondary N) is 1. The molecular weight excluding hydrogens is 310 g/mol. The lowest BCUT2D eigenvalue weighted by Gasteiger charge is -2.10. The number of benzene rings is 2. The van der Waals surface area contributed by atoms with Gasteiger partial charge in [0.05, 0.1) is 5.52 Å². The van der Waals surface area contributed by atoms with Gasteiger partial charge < -0.3 is 5.32 Å². The first kappa shape index (κ1) is 15.6. The van der Waals surface area contributed by atoms with Crippen molar-refractivity contribution in [3.8, 4) is 11.3 Å². The number of unbranched alkanes of at least 4 members (excludes halogenated alkanes) is 1. The van der Waals surface area contributed by atoms with Crippen LogP contribution in [0, 0.1) is 6.92 Å². The molecule has 0 saturated carbocycles. The zero-order chi connectivity index (χ0) is 17.2. The van der Waals surface area contributed by atoms with Crippen LogP contribution in [0.5, 0.6) is 0 Å². The van der Waals surface area contributed by atoms with Crippen LogP contribution < -0.4 is 5.32 Å². The molecule has 2 aromatic carbocycles. The third kappa shape index (κ3) is 2.82. The van der Waals surface area contributed by atoms with Crippen molar-refractivity contribution in [2.45, 2.75) is 26.7 Å². The fourth-order valence-corrected chi connectivity index (χ4v) is 2.98. The predicted octanol–water partition coefficient (Wildman–Crippen LogP) is 4.46. The van der Waals surface area contributed by atoms with E-state index >= 15 is 0 Å². The molecule has 0 aliphatic heterocycles. The summed E-state index contributed by atoms with van der Waals surface area (Å²) in [7, 11) is 0. The van der Waals surface area contributed by atoms with E-state index < -0.39 is 0 Å². The molecule has 0 bridgehead atoms. The molecule has 126 valence electrons. The summed E-state index contributed by atoms with van der Waals surface area (Å²) in [6.07, 6.45) is 2.26. The van der Waals surface area contributed by atoms with Gasteiger partial charge in [-0.15, -0.1) is 5.10 Å². The average Bonchev–Trinajstić information content (AvgIpc) is 3.07. The zero-order valence-electron chi connectivity index (χ0n) is 14.5. The van der Waals surface area contributed by atoms with Crippen LogP contribution in [0.4, 0.5) is 5.82 Å². The molecule has 1 N–H and O–H groups in total. The van der Waals surface area contributed by atoms with Crippen molar-refractivity contribution in [3.63, 3.8) is 0 Å². The molecule has 0 amide bonds. The van der Waals surface area contributed by atoms with Crippen LogP contribution in [0.25, 0.3) is 27.8 Å². The maximum Gasteiger partial charge on any atom is 0.186 e. The summed E-state index contributed by atoms with van der Waals surface area (Å²) in [6, 6.07) is 16.5. The van der Waals surface area contributed by atoms with Gasteiger partial charge in [-0.05, 0) is 25.5 Å². The molecule has 5 heteroatoms. The van der Waals surface area contributed by atoms with Gasteiger partial charge in [0.2, 0.25) is 0 Å². The summed E-state index contributed by atoms with van der Waals surface area (Å²) < 4.78 is 1.83. The third-order valence-corrected chi connectivity index (χ3v) is 4.40. The zero-order valence-corrected chi connectivity index (χ0v) is 14.5. The quantitative estimate of drug-likeness (QED) is 0.548. The van der Waals surface area contributed by atoms with E-state index in [0.29, 0.717) is 0 Å². The number of hydrogen-bond acceptors (Lipinski definition) is 4. The van der Waals surface area contributed by atoms with E-state index in [4.69, 9.17) is 4.98 Å². The summed E-state index contributed by atoms with van der Waals surface area (Å²) in [5.74, 6) is 0.896. The lowest BCUT2D eigenvalue weighted by atomic mass is 10.1. The summed E-state index contributed by atoms with van der Waals surface area (Å²) in [5.41, 5.74) is 4.85. The van der Waals surface area contributed by atoms with Gasteiger partial charge in [-0.1, -0.05) is 60.5 Å². The van der Waals surface area contributed by atoms with Crippen molar-refractivity contribution in [1.82, 2.24) is 19.8 Å². The van der Waals surface area contributed by atoms with E-state index in [9.17, 15) is 0 Å². The molecule has 0 fully saturated rings. The molecule has 4 aromatic rings. The van der Waals surface area contributed by atoms with Crippen LogP contribution in [0.1, 0.15) is 25.3 Å². The van der Waals surface area contributed by atoms with Gasteiger partial charge in [-0.2, -0.15) is 4.52 Å². The Kier molecular flexibility index (Phi) is 4.06.